The molecule has 1 unspecified atom stereocenters. The third kappa shape index (κ3) is 2.71. The fourth-order valence-corrected chi connectivity index (χ4v) is 1.75. The van der Waals surface area contributed by atoms with Crippen LogP contribution in [-0.2, 0) is 11.3 Å². The molecule has 2 heterocycles. The Morgan fingerprint density at radius 1 is 1.47 bits per heavy atom. The first-order valence-corrected chi connectivity index (χ1v) is 5.67. The van der Waals surface area contributed by atoms with E-state index in [2.05, 4.69) is 23.1 Å². The molecule has 0 saturated carbocycles. The van der Waals surface area contributed by atoms with Crippen LogP contribution in [0, 0.1) is 12.8 Å². The maximum absolute atomic E-state index is 5.14. The summed E-state index contributed by atoms with van der Waals surface area (Å²) in [6.45, 7) is 4.68. The number of methoxy groups -OCH3 is 1. The molecule has 0 aromatic carbocycles. The Morgan fingerprint density at radius 3 is 3.06 bits per heavy atom. The highest BCUT2D eigenvalue weighted by Crippen LogP contribution is 2.15. The van der Waals surface area contributed by atoms with Crippen molar-refractivity contribution in [3.05, 3.63) is 35.8 Å². The van der Waals surface area contributed by atoms with Gasteiger partial charge in [0.25, 0.3) is 0 Å². The minimum atomic E-state index is 0.315. The van der Waals surface area contributed by atoms with Gasteiger partial charge in [0.1, 0.15) is 0 Å². The third-order valence-electron chi connectivity index (χ3n) is 2.65. The van der Waals surface area contributed by atoms with Crippen molar-refractivity contribution in [2.45, 2.75) is 20.5 Å². The molecule has 2 rings (SSSR count). The van der Waals surface area contributed by atoms with Gasteiger partial charge >= 0.3 is 0 Å². The van der Waals surface area contributed by atoms with E-state index in [-0.39, 0.29) is 0 Å². The summed E-state index contributed by atoms with van der Waals surface area (Å²) in [7, 11) is 1.69. The molecule has 1 aliphatic rings. The zero-order valence-electron chi connectivity index (χ0n) is 10.4. The summed E-state index contributed by atoms with van der Waals surface area (Å²) in [5.41, 5.74) is 3.15. The first-order chi connectivity index (χ1) is 8.20. The van der Waals surface area contributed by atoms with Gasteiger partial charge in [-0.1, -0.05) is 13.0 Å². The summed E-state index contributed by atoms with van der Waals surface area (Å²) in [6, 6.07) is 0. The molecule has 0 N–H and O–H groups in total. The summed E-state index contributed by atoms with van der Waals surface area (Å²) >= 11 is 0. The Kier molecular flexibility index (Phi) is 3.54. The largest absolute Gasteiger partial charge is 0.380 e. The minimum Gasteiger partial charge on any atom is -0.380 e. The SMILES string of the molecule is COCc1cn(C2=CC(C)C=NC=C2)nc1C. The van der Waals surface area contributed by atoms with Gasteiger partial charge in [-0.3, -0.25) is 4.99 Å². The van der Waals surface area contributed by atoms with E-state index in [9.17, 15) is 0 Å². The van der Waals surface area contributed by atoms with Crippen molar-refractivity contribution in [2.24, 2.45) is 10.9 Å². The van der Waals surface area contributed by atoms with E-state index in [0.29, 0.717) is 12.5 Å². The number of aryl methyl sites for hydroxylation is 1. The molecule has 1 aliphatic heterocycles. The number of nitrogens with zero attached hydrogens (tertiary/aromatic N) is 3. The number of aliphatic imine (C=N–C) groups is 1. The van der Waals surface area contributed by atoms with Crippen LogP contribution in [0.15, 0.2) is 29.5 Å². The fourth-order valence-electron chi connectivity index (χ4n) is 1.75. The predicted molar refractivity (Wildman–Crippen MR) is 68.7 cm³/mol. The van der Waals surface area contributed by atoms with E-state index < -0.39 is 0 Å². The van der Waals surface area contributed by atoms with Crippen LogP contribution in [0.4, 0.5) is 0 Å². The molecule has 1 atom stereocenters. The summed E-state index contributed by atoms with van der Waals surface area (Å²) in [5, 5.41) is 4.49. The van der Waals surface area contributed by atoms with Crippen LogP contribution in [0.1, 0.15) is 18.2 Å². The van der Waals surface area contributed by atoms with Gasteiger partial charge in [0, 0.05) is 37.2 Å². The first-order valence-electron chi connectivity index (χ1n) is 5.67. The molecule has 90 valence electrons. The Bertz CT molecular complexity index is 483. The van der Waals surface area contributed by atoms with Crippen LogP contribution in [0.3, 0.4) is 0 Å². The third-order valence-corrected chi connectivity index (χ3v) is 2.65. The van der Waals surface area contributed by atoms with Crippen molar-refractivity contribution in [3.63, 3.8) is 0 Å². The average molecular weight is 231 g/mol. The number of allylic oxidation sites excluding steroid dienone is 3. The molecule has 0 radical (unpaired) electrons. The van der Waals surface area contributed by atoms with E-state index in [0.717, 1.165) is 17.0 Å². The quantitative estimate of drug-likeness (QED) is 0.801. The maximum atomic E-state index is 5.14. The molecule has 4 nitrogen and oxygen atoms in total. The van der Waals surface area contributed by atoms with Gasteiger partial charge in [-0.2, -0.15) is 5.10 Å². The van der Waals surface area contributed by atoms with Crippen LogP contribution in [0.2, 0.25) is 0 Å². The second-order valence-electron chi connectivity index (χ2n) is 4.18. The van der Waals surface area contributed by atoms with Gasteiger partial charge in [-0.05, 0) is 13.0 Å². The monoisotopic (exact) mass is 231 g/mol. The molecule has 0 bridgehead atoms. The van der Waals surface area contributed by atoms with Crippen LogP contribution in [0.5, 0.6) is 0 Å². The summed E-state index contributed by atoms with van der Waals surface area (Å²) < 4.78 is 7.02. The van der Waals surface area contributed by atoms with E-state index in [1.165, 1.54) is 0 Å². The number of aromatic nitrogens is 2. The smallest absolute Gasteiger partial charge is 0.0746 e. The molecular formula is C13H17N3O. The van der Waals surface area contributed by atoms with Crippen LogP contribution in [0.25, 0.3) is 5.70 Å². The summed E-state index contributed by atoms with van der Waals surface area (Å²) in [5.74, 6) is 0.315. The zero-order chi connectivity index (χ0) is 12.3. The van der Waals surface area contributed by atoms with Gasteiger partial charge < -0.3 is 4.74 Å². The second kappa shape index (κ2) is 5.10. The van der Waals surface area contributed by atoms with Crippen molar-refractivity contribution in [2.75, 3.05) is 7.11 Å². The molecule has 1 aromatic heterocycles. The van der Waals surface area contributed by atoms with Gasteiger partial charge in [0.05, 0.1) is 18.0 Å². The Balaban J connectivity index is 2.31. The minimum absolute atomic E-state index is 0.315. The van der Waals surface area contributed by atoms with Crippen molar-refractivity contribution in [1.82, 2.24) is 9.78 Å². The molecule has 0 aliphatic carbocycles. The van der Waals surface area contributed by atoms with Gasteiger partial charge in [0.15, 0.2) is 0 Å². The molecule has 0 fully saturated rings. The Labute approximate surface area is 101 Å². The van der Waals surface area contributed by atoms with Crippen molar-refractivity contribution in [1.29, 1.82) is 0 Å². The highest BCUT2D eigenvalue weighted by atomic mass is 16.5. The Hall–Kier alpha value is -1.68. The molecule has 0 amide bonds. The highest BCUT2D eigenvalue weighted by molar-refractivity contribution is 5.71. The van der Waals surface area contributed by atoms with E-state index in [1.807, 2.05) is 30.1 Å². The van der Waals surface area contributed by atoms with Crippen LogP contribution >= 0.6 is 0 Å². The lowest BCUT2D eigenvalue weighted by Crippen LogP contribution is -1.98. The lowest BCUT2D eigenvalue weighted by Gasteiger charge is -2.02. The van der Waals surface area contributed by atoms with Crippen LogP contribution < -0.4 is 0 Å². The standard InChI is InChI=1S/C13H17N3O/c1-10-6-13(4-5-14-7-10)16-8-12(9-17-3)11(2)15-16/h4-8,10H,9H2,1-3H3. The average Bonchev–Trinajstić information content (AvgIpc) is 2.52. The van der Waals surface area contributed by atoms with E-state index in [4.69, 9.17) is 4.74 Å². The lowest BCUT2D eigenvalue weighted by molar-refractivity contribution is 0.184. The highest BCUT2D eigenvalue weighted by Gasteiger charge is 2.08. The fraction of sp³-hybridized carbons (Fsp3) is 0.385. The zero-order valence-corrected chi connectivity index (χ0v) is 10.4. The number of ether oxygens (including phenoxy) is 1. The summed E-state index contributed by atoms with van der Waals surface area (Å²) in [6.07, 6.45) is 9.81. The predicted octanol–water partition coefficient (Wildman–Crippen LogP) is 2.41. The maximum Gasteiger partial charge on any atom is 0.0746 e. The van der Waals surface area contributed by atoms with Crippen LogP contribution in [-0.4, -0.2) is 23.1 Å². The van der Waals surface area contributed by atoms with Gasteiger partial charge in [0.2, 0.25) is 0 Å². The molecular weight excluding hydrogens is 214 g/mol. The molecule has 4 heteroatoms. The molecule has 1 aromatic rings. The normalized spacial score (nSPS) is 19.2. The lowest BCUT2D eigenvalue weighted by atomic mass is 10.2. The summed E-state index contributed by atoms with van der Waals surface area (Å²) in [4.78, 5) is 4.17. The van der Waals surface area contributed by atoms with Crippen molar-refractivity contribution < 1.29 is 4.74 Å². The molecule has 0 saturated heterocycles. The van der Waals surface area contributed by atoms with Crippen molar-refractivity contribution in [3.8, 4) is 0 Å². The Morgan fingerprint density at radius 2 is 2.29 bits per heavy atom. The number of rotatable bonds is 3. The topological polar surface area (TPSA) is 39.4 Å². The molecule has 17 heavy (non-hydrogen) atoms. The number of hydrogen-bond acceptors (Lipinski definition) is 3. The van der Waals surface area contributed by atoms with Gasteiger partial charge in [-0.15, -0.1) is 0 Å². The van der Waals surface area contributed by atoms with Gasteiger partial charge in [-0.25, -0.2) is 4.68 Å². The van der Waals surface area contributed by atoms with E-state index in [1.54, 1.807) is 13.3 Å². The van der Waals surface area contributed by atoms with E-state index >= 15 is 0 Å². The first kappa shape index (κ1) is 11.8. The van der Waals surface area contributed by atoms with Crippen molar-refractivity contribution >= 4 is 11.9 Å². The number of hydrogen-bond donors (Lipinski definition) is 0. The second-order valence-corrected chi connectivity index (χ2v) is 4.18. The molecule has 0 spiro atoms.